The number of carboxylic acids is 1. The fourth-order valence-electron chi connectivity index (χ4n) is 1.45. The van der Waals surface area contributed by atoms with Crippen LogP contribution in [0.2, 0.25) is 10.2 Å². The Morgan fingerprint density at radius 3 is 2.62 bits per heavy atom. The van der Waals surface area contributed by atoms with Gasteiger partial charge in [-0.25, -0.2) is 9.78 Å². The third-order valence-electron chi connectivity index (χ3n) is 2.36. The molecule has 0 spiro atoms. The summed E-state index contributed by atoms with van der Waals surface area (Å²) >= 11 is 11.6. The highest BCUT2D eigenvalue weighted by atomic mass is 35.5. The molecule has 0 bridgehead atoms. The molecule has 0 fully saturated rings. The zero-order chi connectivity index (χ0) is 15.6. The van der Waals surface area contributed by atoms with Crippen LogP contribution in [0.5, 0.6) is 11.6 Å². The number of nitro groups is 1. The molecule has 108 valence electrons. The van der Waals surface area contributed by atoms with Gasteiger partial charge in [0.2, 0.25) is 5.88 Å². The summed E-state index contributed by atoms with van der Waals surface area (Å²) < 4.78 is 5.28. The minimum Gasteiger partial charge on any atom is -0.478 e. The summed E-state index contributed by atoms with van der Waals surface area (Å²) in [5.41, 5.74) is -0.360. The zero-order valence-corrected chi connectivity index (χ0v) is 11.6. The maximum atomic E-state index is 10.9. The number of halogens is 2. The van der Waals surface area contributed by atoms with Crippen molar-refractivity contribution in [3.63, 3.8) is 0 Å². The Morgan fingerprint density at radius 2 is 2.00 bits per heavy atom. The van der Waals surface area contributed by atoms with Crippen LogP contribution in [-0.4, -0.2) is 21.0 Å². The number of nitro benzene ring substituents is 1. The number of nitrogens with zero attached hydrogens (tertiary/aromatic N) is 2. The third kappa shape index (κ3) is 3.59. The van der Waals surface area contributed by atoms with E-state index in [9.17, 15) is 14.9 Å². The molecule has 0 aliphatic heterocycles. The average molecular weight is 329 g/mol. The summed E-state index contributed by atoms with van der Waals surface area (Å²) in [6.07, 6.45) is 0. The highest BCUT2D eigenvalue weighted by Gasteiger charge is 2.14. The van der Waals surface area contributed by atoms with Crippen LogP contribution in [0.4, 0.5) is 5.69 Å². The van der Waals surface area contributed by atoms with Crippen LogP contribution in [0, 0.1) is 10.1 Å². The lowest BCUT2D eigenvalue weighted by molar-refractivity contribution is -0.384. The predicted octanol–water partition coefficient (Wildman–Crippen LogP) is 3.79. The first-order chi connectivity index (χ1) is 9.86. The Bertz CT molecular complexity index is 736. The number of hydrogen-bond acceptors (Lipinski definition) is 5. The van der Waals surface area contributed by atoms with E-state index in [2.05, 4.69) is 4.98 Å². The van der Waals surface area contributed by atoms with Gasteiger partial charge in [0, 0.05) is 12.1 Å². The lowest BCUT2D eigenvalue weighted by Crippen LogP contribution is -1.99. The van der Waals surface area contributed by atoms with E-state index in [1.807, 2.05) is 0 Å². The normalized spacial score (nSPS) is 10.2. The van der Waals surface area contributed by atoms with E-state index in [0.717, 1.165) is 18.2 Å². The monoisotopic (exact) mass is 328 g/mol. The quantitative estimate of drug-likeness (QED) is 0.520. The molecule has 0 saturated heterocycles. The van der Waals surface area contributed by atoms with Crippen molar-refractivity contribution in [1.29, 1.82) is 0 Å². The molecule has 1 aromatic carbocycles. The van der Waals surface area contributed by atoms with Gasteiger partial charge in [-0.1, -0.05) is 23.2 Å². The van der Waals surface area contributed by atoms with E-state index < -0.39 is 10.9 Å². The average Bonchev–Trinajstić information content (AvgIpc) is 2.40. The second-order valence-corrected chi connectivity index (χ2v) is 4.59. The summed E-state index contributed by atoms with van der Waals surface area (Å²) in [6.45, 7) is 0. The number of benzene rings is 1. The molecule has 0 radical (unpaired) electrons. The SMILES string of the molecule is O=C(O)c1cc(Cl)nc(Oc2cc([N+](=O)[O-])ccc2Cl)c1. The van der Waals surface area contributed by atoms with Crippen LogP contribution in [0.3, 0.4) is 0 Å². The number of rotatable bonds is 4. The summed E-state index contributed by atoms with van der Waals surface area (Å²) in [5.74, 6) is -1.38. The first-order valence-electron chi connectivity index (χ1n) is 5.39. The van der Waals surface area contributed by atoms with Crippen molar-refractivity contribution < 1.29 is 19.6 Å². The van der Waals surface area contributed by atoms with Gasteiger partial charge in [0.1, 0.15) is 5.15 Å². The number of non-ortho nitro benzene ring substituents is 1. The van der Waals surface area contributed by atoms with Gasteiger partial charge in [-0.3, -0.25) is 10.1 Å². The Labute approximate surface area is 127 Å². The largest absolute Gasteiger partial charge is 0.478 e. The molecule has 0 unspecified atom stereocenters. The van der Waals surface area contributed by atoms with Crippen LogP contribution in [0.15, 0.2) is 30.3 Å². The molecule has 2 rings (SSSR count). The summed E-state index contributed by atoms with van der Waals surface area (Å²) in [6, 6.07) is 5.88. The van der Waals surface area contributed by atoms with Crippen molar-refractivity contribution in [2.24, 2.45) is 0 Å². The van der Waals surface area contributed by atoms with Gasteiger partial charge in [0.25, 0.3) is 5.69 Å². The number of pyridine rings is 1. The fourth-order valence-corrected chi connectivity index (χ4v) is 1.80. The minimum atomic E-state index is -1.21. The molecule has 2 aromatic rings. The molecule has 21 heavy (non-hydrogen) atoms. The number of hydrogen-bond donors (Lipinski definition) is 1. The van der Waals surface area contributed by atoms with Crippen LogP contribution in [0.1, 0.15) is 10.4 Å². The number of aromatic carboxylic acids is 1. The molecule has 0 aliphatic rings. The number of carboxylic acid groups (broad SMARTS) is 1. The van der Waals surface area contributed by atoms with E-state index >= 15 is 0 Å². The molecule has 0 aliphatic carbocycles. The van der Waals surface area contributed by atoms with Crippen LogP contribution in [0.25, 0.3) is 0 Å². The molecule has 1 N–H and O–H groups in total. The number of carbonyl (C=O) groups is 1. The van der Waals surface area contributed by atoms with Crippen molar-refractivity contribution in [2.45, 2.75) is 0 Å². The molecular weight excluding hydrogens is 323 g/mol. The molecule has 0 saturated carbocycles. The van der Waals surface area contributed by atoms with Gasteiger partial charge < -0.3 is 9.84 Å². The van der Waals surface area contributed by atoms with Crippen molar-refractivity contribution in [2.75, 3.05) is 0 Å². The first kappa shape index (κ1) is 15.0. The van der Waals surface area contributed by atoms with E-state index in [1.54, 1.807) is 0 Å². The third-order valence-corrected chi connectivity index (χ3v) is 2.86. The highest BCUT2D eigenvalue weighted by molar-refractivity contribution is 6.32. The Morgan fingerprint density at radius 1 is 1.29 bits per heavy atom. The van der Waals surface area contributed by atoms with Crippen LogP contribution < -0.4 is 4.74 Å². The van der Waals surface area contributed by atoms with Gasteiger partial charge in [0.15, 0.2) is 5.75 Å². The van der Waals surface area contributed by atoms with Crippen LogP contribution in [-0.2, 0) is 0 Å². The van der Waals surface area contributed by atoms with Gasteiger partial charge in [0.05, 0.1) is 21.6 Å². The van der Waals surface area contributed by atoms with Gasteiger partial charge >= 0.3 is 5.97 Å². The zero-order valence-electron chi connectivity index (χ0n) is 10.1. The second-order valence-electron chi connectivity index (χ2n) is 3.80. The smallest absolute Gasteiger partial charge is 0.335 e. The van der Waals surface area contributed by atoms with Crippen molar-refractivity contribution in [3.8, 4) is 11.6 Å². The topological polar surface area (TPSA) is 103 Å². The maximum absolute atomic E-state index is 10.9. The Hall–Kier alpha value is -2.38. The minimum absolute atomic E-state index is 0.0306. The highest BCUT2D eigenvalue weighted by Crippen LogP contribution is 2.32. The van der Waals surface area contributed by atoms with Crippen molar-refractivity contribution in [3.05, 3.63) is 56.2 Å². The molecule has 9 heteroatoms. The lowest BCUT2D eigenvalue weighted by atomic mass is 10.2. The van der Waals surface area contributed by atoms with E-state index in [4.69, 9.17) is 33.0 Å². The van der Waals surface area contributed by atoms with E-state index in [1.165, 1.54) is 12.1 Å². The van der Waals surface area contributed by atoms with E-state index in [-0.39, 0.29) is 33.1 Å². The molecule has 1 aromatic heterocycles. The Balaban J connectivity index is 2.40. The number of aromatic nitrogens is 1. The van der Waals surface area contributed by atoms with Crippen LogP contribution >= 0.6 is 23.2 Å². The second kappa shape index (κ2) is 5.94. The fraction of sp³-hybridized carbons (Fsp3) is 0. The number of ether oxygens (including phenoxy) is 1. The standard InChI is InChI=1S/C12H6Cl2N2O5/c13-8-2-1-7(16(19)20)5-9(8)21-11-4-6(12(17)18)3-10(14)15-11/h1-5H,(H,17,18). The lowest BCUT2D eigenvalue weighted by Gasteiger charge is -2.07. The summed E-state index contributed by atoms with van der Waals surface area (Å²) in [4.78, 5) is 24.8. The maximum Gasteiger partial charge on any atom is 0.335 e. The molecule has 0 amide bonds. The molecule has 0 atom stereocenters. The van der Waals surface area contributed by atoms with Gasteiger partial charge in [-0.15, -0.1) is 0 Å². The molecule has 7 nitrogen and oxygen atoms in total. The van der Waals surface area contributed by atoms with Gasteiger partial charge in [-0.2, -0.15) is 0 Å². The first-order valence-corrected chi connectivity index (χ1v) is 6.15. The van der Waals surface area contributed by atoms with Crippen molar-refractivity contribution in [1.82, 2.24) is 4.98 Å². The molecular formula is C12H6Cl2N2O5. The summed E-state index contributed by atoms with van der Waals surface area (Å²) in [7, 11) is 0. The van der Waals surface area contributed by atoms with Crippen molar-refractivity contribution >= 4 is 34.9 Å². The summed E-state index contributed by atoms with van der Waals surface area (Å²) in [5, 5.41) is 19.6. The predicted molar refractivity (Wildman–Crippen MR) is 74.4 cm³/mol. The van der Waals surface area contributed by atoms with E-state index in [0.29, 0.717) is 0 Å². The molecule has 1 heterocycles. The van der Waals surface area contributed by atoms with Gasteiger partial charge in [-0.05, 0) is 12.1 Å². The Kier molecular flexibility index (Phi) is 4.25.